The average molecular weight is 401 g/mol. The van der Waals surface area contributed by atoms with Crippen molar-refractivity contribution in [3.63, 3.8) is 0 Å². The summed E-state index contributed by atoms with van der Waals surface area (Å²) in [4.78, 5) is 6.19. The molecule has 0 bridgehead atoms. The van der Waals surface area contributed by atoms with E-state index in [0.717, 1.165) is 39.0 Å². The van der Waals surface area contributed by atoms with E-state index in [9.17, 15) is 17.2 Å². The molecule has 9 heteroatoms. The van der Waals surface area contributed by atoms with E-state index in [1.807, 2.05) is 0 Å². The van der Waals surface area contributed by atoms with Gasteiger partial charge in [0.05, 0.1) is 24.9 Å². The highest BCUT2D eigenvalue weighted by Crippen LogP contribution is 2.52. The smallest absolute Gasteiger partial charge is 0.286 e. The Balaban J connectivity index is 1.40. The summed E-state index contributed by atoms with van der Waals surface area (Å²) in [6, 6.07) is 3.32. The number of aromatic nitrogens is 1. The molecule has 27 heavy (non-hydrogen) atoms. The molecule has 2 aliphatic heterocycles. The lowest BCUT2D eigenvalue weighted by atomic mass is 9.61. The number of rotatable bonds is 5. The highest BCUT2D eigenvalue weighted by atomic mass is 32.2. The van der Waals surface area contributed by atoms with Gasteiger partial charge in [-0.15, -0.1) is 0 Å². The van der Waals surface area contributed by atoms with Crippen molar-refractivity contribution in [2.24, 2.45) is 5.41 Å². The molecule has 1 spiro atoms. The Kier molecular flexibility index (Phi) is 4.38. The first-order chi connectivity index (χ1) is 12.5. The molecule has 0 atom stereocenters. The van der Waals surface area contributed by atoms with Gasteiger partial charge >= 0.3 is 0 Å². The summed E-state index contributed by atoms with van der Waals surface area (Å²) in [6.07, 6.45) is 1.98. The fraction of sp³-hybridized carbons (Fsp3) is 0.722. The van der Waals surface area contributed by atoms with Gasteiger partial charge < -0.3 is 4.74 Å². The molecule has 1 aliphatic carbocycles. The van der Waals surface area contributed by atoms with Crippen LogP contribution in [0.1, 0.15) is 31.2 Å². The first-order valence-corrected chi connectivity index (χ1v) is 10.6. The van der Waals surface area contributed by atoms with Crippen molar-refractivity contribution in [2.45, 2.75) is 49.6 Å². The number of sulfonamides is 1. The van der Waals surface area contributed by atoms with Crippen LogP contribution in [0.2, 0.25) is 0 Å². The maximum absolute atomic E-state index is 13.4. The molecule has 3 heterocycles. The summed E-state index contributed by atoms with van der Waals surface area (Å²) in [6.45, 7) is 4.76. The largest absolute Gasteiger partial charge is 0.378 e. The molecule has 0 amide bonds. The normalized spacial score (nSPS) is 23.9. The topological polar surface area (TPSA) is 62.7 Å². The van der Waals surface area contributed by atoms with Gasteiger partial charge in [-0.05, 0) is 38.9 Å². The van der Waals surface area contributed by atoms with Crippen LogP contribution in [0.25, 0.3) is 0 Å². The summed E-state index contributed by atoms with van der Waals surface area (Å²) in [5, 5.41) is 0. The third kappa shape index (κ3) is 3.18. The Morgan fingerprint density at radius 1 is 1.26 bits per heavy atom. The predicted molar refractivity (Wildman–Crippen MR) is 95.1 cm³/mol. The van der Waals surface area contributed by atoms with Crippen LogP contribution in [-0.4, -0.2) is 68.0 Å². The third-order valence-corrected chi connectivity index (χ3v) is 8.16. The summed E-state index contributed by atoms with van der Waals surface area (Å²) in [7, 11) is -1.59. The van der Waals surface area contributed by atoms with Gasteiger partial charge in [0.2, 0.25) is 10.0 Å². The number of alkyl halides is 2. The van der Waals surface area contributed by atoms with Gasteiger partial charge in [0.1, 0.15) is 10.6 Å². The maximum Gasteiger partial charge on any atom is 0.286 e. The molecule has 150 valence electrons. The van der Waals surface area contributed by atoms with Crippen molar-refractivity contribution in [3.05, 3.63) is 23.5 Å². The number of hydrogen-bond donors (Lipinski definition) is 0. The zero-order chi connectivity index (χ0) is 19.6. The summed E-state index contributed by atoms with van der Waals surface area (Å²) in [5.74, 6) is -3.09. The van der Waals surface area contributed by atoms with E-state index in [1.165, 1.54) is 17.3 Å². The number of aryl methyl sites for hydroxylation is 1. The summed E-state index contributed by atoms with van der Waals surface area (Å²) in [5.41, 5.74) is -0.232. The van der Waals surface area contributed by atoms with E-state index in [-0.39, 0.29) is 16.0 Å². The van der Waals surface area contributed by atoms with E-state index in [4.69, 9.17) is 4.74 Å². The molecule has 3 fully saturated rings. The molecule has 2 saturated heterocycles. The van der Waals surface area contributed by atoms with E-state index in [1.54, 1.807) is 0 Å². The molecule has 0 aromatic carbocycles. The number of ether oxygens (including phenoxy) is 1. The Morgan fingerprint density at radius 3 is 2.37 bits per heavy atom. The van der Waals surface area contributed by atoms with Gasteiger partial charge in [-0.3, -0.25) is 9.88 Å². The lowest BCUT2D eigenvalue weighted by molar-refractivity contribution is -0.126. The first kappa shape index (κ1) is 19.2. The minimum absolute atomic E-state index is 0.0185. The van der Waals surface area contributed by atoms with Crippen molar-refractivity contribution >= 4 is 10.0 Å². The number of hydrogen-bond acceptors (Lipinski definition) is 5. The lowest BCUT2D eigenvalue weighted by Gasteiger charge is -2.61. The SMILES string of the molecule is Cc1nc(C(C)(F)F)ccc1S(=O)(=O)N1CC2(CC(N(C)C3COC3)C2)C1. The van der Waals surface area contributed by atoms with Gasteiger partial charge in [0.25, 0.3) is 5.92 Å². The van der Waals surface area contributed by atoms with Crippen LogP contribution in [0.5, 0.6) is 0 Å². The summed E-state index contributed by atoms with van der Waals surface area (Å²) >= 11 is 0. The van der Waals surface area contributed by atoms with E-state index in [2.05, 4.69) is 16.9 Å². The van der Waals surface area contributed by atoms with Crippen LogP contribution in [0.4, 0.5) is 8.78 Å². The molecule has 3 aliphatic rings. The fourth-order valence-corrected chi connectivity index (χ4v) is 6.14. The Morgan fingerprint density at radius 2 is 1.89 bits per heavy atom. The van der Waals surface area contributed by atoms with Crippen molar-refractivity contribution in [3.8, 4) is 0 Å². The molecule has 0 unspecified atom stereocenters. The molecule has 1 aromatic rings. The van der Waals surface area contributed by atoms with Crippen LogP contribution < -0.4 is 0 Å². The Bertz CT molecular complexity index is 838. The summed E-state index contributed by atoms with van der Waals surface area (Å²) < 4.78 is 59.2. The minimum atomic E-state index is -3.70. The van der Waals surface area contributed by atoms with Crippen LogP contribution >= 0.6 is 0 Å². The first-order valence-electron chi connectivity index (χ1n) is 9.18. The molecule has 0 radical (unpaired) electrons. The average Bonchev–Trinajstić information content (AvgIpc) is 2.40. The van der Waals surface area contributed by atoms with Crippen LogP contribution in [0.3, 0.4) is 0 Å². The second kappa shape index (κ2) is 6.17. The quantitative estimate of drug-likeness (QED) is 0.755. The molecule has 1 saturated carbocycles. The number of nitrogens with zero attached hydrogens (tertiary/aromatic N) is 3. The maximum atomic E-state index is 13.4. The highest BCUT2D eigenvalue weighted by Gasteiger charge is 2.57. The zero-order valence-corrected chi connectivity index (χ0v) is 16.6. The van der Waals surface area contributed by atoms with Gasteiger partial charge in [-0.25, -0.2) is 8.42 Å². The van der Waals surface area contributed by atoms with E-state index >= 15 is 0 Å². The molecule has 6 nitrogen and oxygen atoms in total. The van der Waals surface area contributed by atoms with Gasteiger partial charge in [0.15, 0.2) is 0 Å². The zero-order valence-electron chi connectivity index (χ0n) is 15.8. The number of likely N-dealkylation sites (N-methyl/N-ethyl adjacent to an activating group) is 1. The number of halogens is 2. The van der Waals surface area contributed by atoms with Crippen LogP contribution in [-0.2, 0) is 20.7 Å². The fourth-order valence-electron chi connectivity index (χ4n) is 4.32. The molecular formula is C18H25F2N3O3S. The number of pyridine rings is 1. The molecule has 1 aromatic heterocycles. The second-order valence-electron chi connectivity index (χ2n) is 8.36. The van der Waals surface area contributed by atoms with Crippen molar-refractivity contribution < 1.29 is 21.9 Å². The van der Waals surface area contributed by atoms with Gasteiger partial charge in [-0.1, -0.05) is 0 Å². The molecular weight excluding hydrogens is 376 g/mol. The lowest BCUT2D eigenvalue weighted by Crippen LogP contribution is -2.68. The standard InChI is InChI=1S/C18H25F2N3O3S/c1-12-15(4-5-16(21-12)17(2,19)20)27(24,25)23-10-18(11-23)6-13(7-18)22(3)14-8-26-9-14/h4-5,13-14H,6-11H2,1-3H3. The van der Waals surface area contributed by atoms with Crippen molar-refractivity contribution in [2.75, 3.05) is 33.4 Å². The monoisotopic (exact) mass is 401 g/mol. The second-order valence-corrected chi connectivity index (χ2v) is 10.3. The van der Waals surface area contributed by atoms with Gasteiger partial charge in [-0.2, -0.15) is 13.1 Å². The highest BCUT2D eigenvalue weighted by molar-refractivity contribution is 7.89. The van der Waals surface area contributed by atoms with E-state index in [0.29, 0.717) is 25.2 Å². The Hall–Kier alpha value is -1.16. The van der Waals surface area contributed by atoms with Crippen molar-refractivity contribution in [1.29, 1.82) is 0 Å². The predicted octanol–water partition coefficient (Wildman–Crippen LogP) is 1.99. The molecule has 4 rings (SSSR count). The Labute approximate surface area is 158 Å². The third-order valence-electron chi connectivity index (χ3n) is 6.24. The minimum Gasteiger partial charge on any atom is -0.378 e. The van der Waals surface area contributed by atoms with Crippen LogP contribution in [0, 0.1) is 12.3 Å². The van der Waals surface area contributed by atoms with Crippen LogP contribution in [0.15, 0.2) is 17.0 Å². The molecule has 0 N–H and O–H groups in total. The van der Waals surface area contributed by atoms with Gasteiger partial charge in [0, 0.05) is 31.5 Å². The van der Waals surface area contributed by atoms with E-state index < -0.39 is 21.6 Å². The van der Waals surface area contributed by atoms with Crippen molar-refractivity contribution in [1.82, 2.24) is 14.2 Å².